The van der Waals surface area contributed by atoms with Crippen molar-refractivity contribution in [3.8, 4) is 6.07 Å². The molecule has 2 fully saturated rings. The fourth-order valence-corrected chi connectivity index (χ4v) is 7.42. The molecule has 0 atom stereocenters. The topological polar surface area (TPSA) is 114 Å². The van der Waals surface area contributed by atoms with Crippen LogP contribution >= 0.6 is 0 Å². The highest BCUT2D eigenvalue weighted by atomic mass is 32.2. The van der Waals surface area contributed by atoms with Gasteiger partial charge < -0.3 is 19.6 Å². The highest BCUT2D eigenvalue weighted by molar-refractivity contribution is 7.89. The molecule has 0 aliphatic carbocycles. The molecule has 0 unspecified atom stereocenters. The number of sulfonamides is 1. The van der Waals surface area contributed by atoms with Gasteiger partial charge in [-0.15, -0.1) is 0 Å². The molecule has 0 bridgehead atoms. The maximum absolute atomic E-state index is 13.9. The first kappa shape index (κ1) is 33.8. The van der Waals surface area contributed by atoms with Crippen LogP contribution in [0.15, 0.2) is 65.6 Å². The largest absolute Gasteiger partial charge is 0.370 e. The third-order valence-electron chi connectivity index (χ3n) is 8.90. The van der Waals surface area contributed by atoms with Crippen LogP contribution in [-0.4, -0.2) is 71.1 Å². The summed E-state index contributed by atoms with van der Waals surface area (Å²) < 4.78 is 24.3. The second kappa shape index (κ2) is 14.4. The molecule has 5 rings (SSSR count). The number of carbonyl (C=O) groups excluding carboxylic acids is 1. The van der Waals surface area contributed by atoms with E-state index in [2.05, 4.69) is 41.8 Å². The van der Waals surface area contributed by atoms with Gasteiger partial charge in [-0.25, -0.2) is 13.6 Å². The number of rotatable bonds is 8. The van der Waals surface area contributed by atoms with Crippen molar-refractivity contribution in [3.63, 3.8) is 0 Å². The van der Waals surface area contributed by atoms with Crippen LogP contribution in [0.25, 0.3) is 0 Å². The molecular weight excluding hydrogens is 584 g/mol. The number of hydrogen-bond acceptors (Lipinski definition) is 7. The summed E-state index contributed by atoms with van der Waals surface area (Å²) in [4.78, 5) is 22.7. The Kier molecular flexibility index (Phi) is 10.8. The van der Waals surface area contributed by atoms with Crippen molar-refractivity contribution in [3.05, 3.63) is 82.9 Å². The molecule has 0 spiro atoms. The second-order valence-electron chi connectivity index (χ2n) is 11.8. The maximum Gasteiger partial charge on any atom is 0.254 e. The third kappa shape index (κ3) is 7.26. The number of carbonyl (C=O) groups is 1. The molecule has 9 nitrogen and oxygen atoms in total. The van der Waals surface area contributed by atoms with Crippen LogP contribution < -0.4 is 19.8 Å². The Balaban J connectivity index is 0.00000461. The Hall–Kier alpha value is -4.07. The minimum Gasteiger partial charge on any atom is -0.370 e. The number of piperidine rings is 1. The molecule has 0 radical (unpaired) electrons. The van der Waals surface area contributed by atoms with E-state index in [4.69, 9.17) is 5.14 Å². The van der Waals surface area contributed by atoms with Gasteiger partial charge >= 0.3 is 0 Å². The molecule has 1 amide bonds. The van der Waals surface area contributed by atoms with Gasteiger partial charge in [-0.3, -0.25) is 4.79 Å². The molecule has 10 heteroatoms. The number of para-hydroxylation sites is 2. The number of amides is 1. The molecule has 0 aromatic heterocycles. The quantitative estimate of drug-likeness (QED) is 0.359. The smallest absolute Gasteiger partial charge is 0.254 e. The van der Waals surface area contributed by atoms with Gasteiger partial charge in [0.25, 0.3) is 5.91 Å². The minimum absolute atomic E-state index is 0. The van der Waals surface area contributed by atoms with Crippen LogP contribution in [0.4, 0.5) is 17.1 Å². The van der Waals surface area contributed by atoms with Crippen molar-refractivity contribution >= 4 is 33.0 Å². The number of nitrogens with two attached hydrogens (primary N) is 1. The van der Waals surface area contributed by atoms with Crippen LogP contribution in [0.2, 0.25) is 0 Å². The van der Waals surface area contributed by atoms with Gasteiger partial charge in [0.1, 0.15) is 11.0 Å². The Bertz CT molecular complexity index is 1650. The van der Waals surface area contributed by atoms with E-state index < -0.39 is 10.0 Å². The van der Waals surface area contributed by atoms with Gasteiger partial charge in [0.2, 0.25) is 10.0 Å². The Morgan fingerprint density at radius 3 is 2.13 bits per heavy atom. The second-order valence-corrected chi connectivity index (χ2v) is 13.3. The summed E-state index contributed by atoms with van der Waals surface area (Å²) in [6, 6.07) is 21.4. The summed E-state index contributed by atoms with van der Waals surface area (Å²) in [5.74, 6) is 0.00232. The van der Waals surface area contributed by atoms with Crippen LogP contribution in [-0.2, 0) is 10.0 Å². The van der Waals surface area contributed by atoms with Crippen molar-refractivity contribution in [2.24, 2.45) is 5.14 Å². The first-order valence-electron chi connectivity index (χ1n) is 15.4. The number of nitriles is 1. The Morgan fingerprint density at radius 1 is 0.911 bits per heavy atom. The van der Waals surface area contributed by atoms with Crippen molar-refractivity contribution in [2.45, 2.75) is 58.4 Å². The average molecular weight is 631 g/mol. The summed E-state index contributed by atoms with van der Waals surface area (Å²) >= 11 is 0. The maximum atomic E-state index is 13.9. The molecular formula is C35H46N6O3S. The Morgan fingerprint density at radius 2 is 1.51 bits per heavy atom. The lowest BCUT2D eigenvalue weighted by Gasteiger charge is -2.41. The molecule has 2 saturated heterocycles. The molecule has 2 aliphatic rings. The minimum atomic E-state index is -3.86. The number of hydrogen-bond donors (Lipinski definition) is 1. The monoisotopic (exact) mass is 630 g/mol. The summed E-state index contributed by atoms with van der Waals surface area (Å²) in [7, 11) is -3.86. The van der Waals surface area contributed by atoms with Gasteiger partial charge in [0, 0.05) is 63.1 Å². The summed E-state index contributed by atoms with van der Waals surface area (Å²) in [5, 5.41) is 15.1. The van der Waals surface area contributed by atoms with E-state index >= 15 is 0 Å². The van der Waals surface area contributed by atoms with Crippen LogP contribution in [0.1, 0.15) is 60.7 Å². The highest BCUT2D eigenvalue weighted by Crippen LogP contribution is 2.33. The van der Waals surface area contributed by atoms with Gasteiger partial charge in [-0.05, 0) is 74.6 Å². The van der Waals surface area contributed by atoms with Crippen LogP contribution in [0, 0.1) is 25.2 Å². The number of aryl methyl sites for hydroxylation is 2. The average Bonchev–Trinajstić information content (AvgIpc) is 3.03. The molecule has 3 aromatic carbocycles. The number of piperazine rings is 1. The normalized spacial score (nSPS) is 15.8. The number of primary sulfonamides is 1. The summed E-state index contributed by atoms with van der Waals surface area (Å²) in [5.41, 5.74) is 6.23. The van der Waals surface area contributed by atoms with E-state index in [-0.39, 0.29) is 18.2 Å². The highest BCUT2D eigenvalue weighted by Gasteiger charge is 2.30. The van der Waals surface area contributed by atoms with Crippen molar-refractivity contribution in [2.75, 3.05) is 60.5 Å². The molecule has 2 heterocycles. The van der Waals surface area contributed by atoms with E-state index in [9.17, 15) is 18.5 Å². The first-order valence-corrected chi connectivity index (χ1v) is 16.9. The fraction of sp³-hybridized carbons (Fsp3) is 0.429. The predicted octanol–water partition coefficient (Wildman–Crippen LogP) is 5.31. The molecule has 2 aliphatic heterocycles. The first-order chi connectivity index (χ1) is 21.1. The summed E-state index contributed by atoms with van der Waals surface area (Å²) in [6.45, 7) is 11.0. The molecule has 3 aromatic rings. The zero-order valence-electron chi connectivity index (χ0n) is 25.9. The van der Waals surface area contributed by atoms with Crippen molar-refractivity contribution in [1.82, 2.24) is 4.90 Å². The summed E-state index contributed by atoms with van der Waals surface area (Å²) in [6.07, 6.45) is 2.94. The lowest BCUT2D eigenvalue weighted by atomic mass is 9.97. The van der Waals surface area contributed by atoms with Crippen LogP contribution in [0.5, 0.6) is 0 Å². The van der Waals surface area contributed by atoms with E-state index in [1.165, 1.54) is 6.07 Å². The lowest BCUT2D eigenvalue weighted by molar-refractivity contribution is 0.0746. The third-order valence-corrected chi connectivity index (χ3v) is 9.86. The molecule has 240 valence electrons. The van der Waals surface area contributed by atoms with Gasteiger partial charge in [0.15, 0.2) is 0 Å². The van der Waals surface area contributed by atoms with Gasteiger partial charge in [-0.2, -0.15) is 5.26 Å². The zero-order valence-corrected chi connectivity index (χ0v) is 26.7. The number of anilines is 3. The van der Waals surface area contributed by atoms with Crippen molar-refractivity contribution < 1.29 is 13.2 Å². The van der Waals surface area contributed by atoms with E-state index in [1.54, 1.807) is 18.2 Å². The van der Waals surface area contributed by atoms with E-state index in [0.29, 0.717) is 49.0 Å². The predicted molar refractivity (Wildman–Crippen MR) is 183 cm³/mol. The van der Waals surface area contributed by atoms with Crippen LogP contribution in [0.3, 0.4) is 0 Å². The lowest BCUT2D eigenvalue weighted by Crippen LogP contribution is -2.49. The van der Waals surface area contributed by atoms with Crippen molar-refractivity contribution in [1.29, 1.82) is 5.26 Å². The number of benzene rings is 3. The fourth-order valence-electron chi connectivity index (χ4n) is 6.66. The molecule has 2 N–H and O–H groups in total. The van der Waals surface area contributed by atoms with E-state index in [1.807, 2.05) is 41.0 Å². The molecule has 0 saturated carbocycles. The standard InChI is InChI=1S/C34H42N6O3S.CH4/c1-4-15-40(28-13-16-37(17-14-28)30-10-6-5-9-27(30)24-35)32-23-29(25(2)22-26(32)3)34(41)39-20-18-38(19-21-39)31-11-7-8-12-33(31)44(36,42)43;/h5-12,22-23,28H,4,13-21H2,1-3H3,(H2,36,42,43);1H4. The van der Waals surface area contributed by atoms with Gasteiger partial charge in [0.05, 0.1) is 16.9 Å². The number of nitrogens with zero attached hydrogens (tertiary/aromatic N) is 5. The molecule has 45 heavy (non-hydrogen) atoms. The Labute approximate surface area is 268 Å². The SMILES string of the molecule is C.CCCN(c1cc(C(=O)N2CCN(c3ccccc3S(N)(=O)=O)CC2)c(C)cc1C)C1CCN(c2ccccc2C#N)CC1. The van der Waals surface area contributed by atoms with E-state index in [0.717, 1.165) is 61.4 Å². The zero-order chi connectivity index (χ0) is 31.4. The van der Waals surface area contributed by atoms with Gasteiger partial charge in [-0.1, -0.05) is 44.7 Å².